The number of anilines is 1. The number of amides is 1. The van der Waals surface area contributed by atoms with Crippen LogP contribution >= 0.6 is 11.6 Å². The van der Waals surface area contributed by atoms with Crippen molar-refractivity contribution in [3.63, 3.8) is 0 Å². The molecule has 1 aliphatic heterocycles. The van der Waals surface area contributed by atoms with Gasteiger partial charge in [0.2, 0.25) is 0 Å². The van der Waals surface area contributed by atoms with E-state index >= 15 is 0 Å². The Balaban J connectivity index is 2.25. The number of nitrogens with one attached hydrogen (secondary N) is 1. The number of benzene rings is 1. The Hall–Kier alpha value is -1.46. The number of nitrogen functional groups attached to an aromatic ring is 1. The van der Waals surface area contributed by atoms with Crippen molar-refractivity contribution in [3.05, 3.63) is 22.7 Å². The van der Waals surface area contributed by atoms with Gasteiger partial charge in [-0.1, -0.05) is 11.6 Å². The van der Waals surface area contributed by atoms with Crippen LogP contribution in [0.25, 0.3) is 0 Å². The Morgan fingerprint density at radius 2 is 2.10 bits per heavy atom. The Morgan fingerprint density at radius 1 is 1.45 bits per heavy atom. The van der Waals surface area contributed by atoms with Gasteiger partial charge in [0.15, 0.2) is 0 Å². The predicted octanol–water partition coefficient (Wildman–Crippen LogP) is 1.75. The summed E-state index contributed by atoms with van der Waals surface area (Å²) in [6.07, 6.45) is 1.90. The van der Waals surface area contributed by atoms with Gasteiger partial charge < -0.3 is 20.7 Å². The lowest BCUT2D eigenvalue weighted by Crippen LogP contribution is -2.44. The van der Waals surface area contributed by atoms with Gasteiger partial charge in [-0.3, -0.25) is 4.79 Å². The molecule has 1 aromatic rings. The van der Waals surface area contributed by atoms with Crippen LogP contribution in [0.5, 0.6) is 5.75 Å². The van der Waals surface area contributed by atoms with E-state index in [-0.39, 0.29) is 11.9 Å². The van der Waals surface area contributed by atoms with E-state index in [0.29, 0.717) is 22.0 Å². The molecule has 0 aromatic heterocycles. The fourth-order valence-electron chi connectivity index (χ4n) is 2.45. The number of halogens is 1. The van der Waals surface area contributed by atoms with Crippen molar-refractivity contribution in [1.82, 2.24) is 10.2 Å². The Bertz CT molecular complexity index is 501. The minimum absolute atomic E-state index is 0.0874. The Morgan fingerprint density at radius 3 is 2.70 bits per heavy atom. The van der Waals surface area contributed by atoms with E-state index in [9.17, 15) is 4.79 Å². The molecular weight excluding hydrogens is 278 g/mol. The van der Waals surface area contributed by atoms with Crippen molar-refractivity contribution in [2.24, 2.45) is 0 Å². The number of carbonyl (C=O) groups excluding carboxylic acids is 1. The molecule has 1 heterocycles. The van der Waals surface area contributed by atoms with E-state index in [1.54, 1.807) is 17.0 Å². The van der Waals surface area contributed by atoms with Crippen LogP contribution < -0.4 is 15.8 Å². The lowest BCUT2D eigenvalue weighted by Gasteiger charge is -2.32. The molecule has 2 rings (SSSR count). The van der Waals surface area contributed by atoms with Crippen LogP contribution in [0.3, 0.4) is 0 Å². The number of methoxy groups -OCH3 is 1. The molecule has 0 saturated carbocycles. The van der Waals surface area contributed by atoms with Gasteiger partial charge in [-0.25, -0.2) is 0 Å². The highest BCUT2D eigenvalue weighted by Crippen LogP contribution is 2.30. The number of hydrogen-bond donors (Lipinski definition) is 2. The van der Waals surface area contributed by atoms with E-state index in [1.165, 1.54) is 7.11 Å². The zero-order valence-corrected chi connectivity index (χ0v) is 12.5. The number of piperidine rings is 1. The fraction of sp³-hybridized carbons (Fsp3) is 0.500. The quantitative estimate of drug-likeness (QED) is 0.834. The van der Waals surface area contributed by atoms with Gasteiger partial charge in [0, 0.05) is 19.2 Å². The molecule has 0 spiro atoms. The topological polar surface area (TPSA) is 67.6 Å². The number of nitrogens with zero attached hydrogens (tertiary/aromatic N) is 1. The molecule has 1 aliphatic rings. The van der Waals surface area contributed by atoms with Gasteiger partial charge in [-0.15, -0.1) is 0 Å². The molecule has 6 heteroatoms. The molecule has 0 aliphatic carbocycles. The summed E-state index contributed by atoms with van der Waals surface area (Å²) >= 11 is 6.02. The predicted molar refractivity (Wildman–Crippen MR) is 80.4 cm³/mol. The highest BCUT2D eigenvalue weighted by Gasteiger charge is 2.25. The molecule has 1 amide bonds. The van der Waals surface area contributed by atoms with E-state index in [4.69, 9.17) is 22.1 Å². The van der Waals surface area contributed by atoms with Crippen LogP contribution in [-0.4, -0.2) is 44.1 Å². The minimum Gasteiger partial charge on any atom is -0.496 e. The number of rotatable bonds is 3. The second kappa shape index (κ2) is 6.33. The van der Waals surface area contributed by atoms with Gasteiger partial charge in [0.1, 0.15) is 5.75 Å². The van der Waals surface area contributed by atoms with Crippen molar-refractivity contribution < 1.29 is 9.53 Å². The first kappa shape index (κ1) is 14.9. The third-order valence-electron chi connectivity index (χ3n) is 3.73. The van der Waals surface area contributed by atoms with Crippen LogP contribution in [-0.2, 0) is 0 Å². The normalized spacial score (nSPS) is 15.9. The first-order valence-corrected chi connectivity index (χ1v) is 7.03. The van der Waals surface area contributed by atoms with Crippen LogP contribution in [0.4, 0.5) is 5.69 Å². The first-order chi connectivity index (χ1) is 9.54. The number of carbonyl (C=O) groups is 1. The zero-order valence-electron chi connectivity index (χ0n) is 11.8. The Kier molecular flexibility index (Phi) is 4.73. The van der Waals surface area contributed by atoms with E-state index in [2.05, 4.69) is 5.32 Å². The monoisotopic (exact) mass is 297 g/mol. The zero-order chi connectivity index (χ0) is 14.7. The molecule has 0 atom stereocenters. The maximum Gasteiger partial charge on any atom is 0.257 e. The van der Waals surface area contributed by atoms with Crippen LogP contribution in [0.15, 0.2) is 12.1 Å². The van der Waals surface area contributed by atoms with Gasteiger partial charge in [-0.05, 0) is 32.0 Å². The van der Waals surface area contributed by atoms with Gasteiger partial charge in [-0.2, -0.15) is 0 Å². The molecule has 3 N–H and O–H groups in total. The second-order valence-corrected chi connectivity index (χ2v) is 5.38. The van der Waals surface area contributed by atoms with E-state index < -0.39 is 0 Å². The van der Waals surface area contributed by atoms with Crippen LogP contribution in [0.1, 0.15) is 23.2 Å². The summed E-state index contributed by atoms with van der Waals surface area (Å²) < 4.78 is 5.24. The van der Waals surface area contributed by atoms with Gasteiger partial charge in [0.25, 0.3) is 5.91 Å². The Labute approximate surface area is 124 Å². The average Bonchev–Trinajstić information content (AvgIpc) is 2.49. The molecule has 110 valence electrons. The molecule has 1 fully saturated rings. The van der Waals surface area contributed by atoms with Gasteiger partial charge >= 0.3 is 0 Å². The average molecular weight is 298 g/mol. The minimum atomic E-state index is -0.0874. The molecule has 0 bridgehead atoms. The summed E-state index contributed by atoms with van der Waals surface area (Å²) in [6, 6.07) is 3.41. The molecule has 1 saturated heterocycles. The van der Waals surface area contributed by atoms with E-state index in [0.717, 1.165) is 25.9 Å². The molecular formula is C14H20ClN3O2. The summed E-state index contributed by atoms with van der Waals surface area (Å²) in [5.74, 6) is 0.369. The summed E-state index contributed by atoms with van der Waals surface area (Å²) in [7, 11) is 3.34. The molecule has 5 nitrogen and oxygen atoms in total. The van der Waals surface area contributed by atoms with Crippen molar-refractivity contribution >= 4 is 23.2 Å². The third kappa shape index (κ3) is 2.99. The molecule has 0 unspecified atom stereocenters. The van der Waals surface area contributed by atoms with Crippen molar-refractivity contribution in [1.29, 1.82) is 0 Å². The number of nitrogens with two attached hydrogens (primary N) is 1. The number of ether oxygens (including phenoxy) is 1. The summed E-state index contributed by atoms with van der Waals surface area (Å²) in [4.78, 5) is 14.4. The van der Waals surface area contributed by atoms with Crippen molar-refractivity contribution in [3.8, 4) is 5.75 Å². The second-order valence-electron chi connectivity index (χ2n) is 4.97. The SMILES string of the molecule is COc1cc(N)c(Cl)cc1C(=O)N(C)C1CCNCC1. The summed E-state index contributed by atoms with van der Waals surface area (Å²) in [5, 5.41) is 3.66. The smallest absolute Gasteiger partial charge is 0.257 e. The third-order valence-corrected chi connectivity index (χ3v) is 4.05. The molecule has 20 heavy (non-hydrogen) atoms. The standard InChI is InChI=1S/C14H20ClN3O2/c1-18(9-3-5-17-6-4-9)14(19)10-7-11(15)12(16)8-13(10)20-2/h7-9,17H,3-6,16H2,1-2H3. The highest BCUT2D eigenvalue weighted by atomic mass is 35.5. The van der Waals surface area contributed by atoms with Crippen molar-refractivity contribution in [2.75, 3.05) is 33.0 Å². The van der Waals surface area contributed by atoms with Crippen molar-refractivity contribution in [2.45, 2.75) is 18.9 Å². The van der Waals surface area contributed by atoms with Crippen LogP contribution in [0.2, 0.25) is 5.02 Å². The summed E-state index contributed by atoms with van der Waals surface area (Å²) in [5.41, 5.74) is 6.60. The lowest BCUT2D eigenvalue weighted by atomic mass is 10.0. The number of hydrogen-bond acceptors (Lipinski definition) is 4. The summed E-state index contributed by atoms with van der Waals surface area (Å²) in [6.45, 7) is 1.86. The largest absolute Gasteiger partial charge is 0.496 e. The maximum absolute atomic E-state index is 12.6. The highest BCUT2D eigenvalue weighted by molar-refractivity contribution is 6.33. The van der Waals surface area contributed by atoms with Crippen LogP contribution in [0, 0.1) is 0 Å². The van der Waals surface area contributed by atoms with Gasteiger partial charge in [0.05, 0.1) is 23.4 Å². The molecule has 0 radical (unpaired) electrons. The molecule has 1 aromatic carbocycles. The maximum atomic E-state index is 12.6. The lowest BCUT2D eigenvalue weighted by molar-refractivity contribution is 0.0700. The van der Waals surface area contributed by atoms with E-state index in [1.807, 2.05) is 7.05 Å². The fourth-order valence-corrected chi connectivity index (χ4v) is 2.62. The first-order valence-electron chi connectivity index (χ1n) is 6.65.